The second-order valence-corrected chi connectivity index (χ2v) is 8.93. The van der Waals surface area contributed by atoms with Crippen LogP contribution >= 0.6 is 7.26 Å². The minimum absolute atomic E-state index is 0. The van der Waals surface area contributed by atoms with Crippen LogP contribution in [0, 0.1) is 7.43 Å². The summed E-state index contributed by atoms with van der Waals surface area (Å²) in [6.45, 7) is 2.32. The Hall–Kier alpha value is -1.91. The summed E-state index contributed by atoms with van der Waals surface area (Å²) in [6, 6.07) is 33.0. The molecule has 0 bridgehead atoms. The highest BCUT2D eigenvalue weighted by Gasteiger charge is 2.43. The quantitative estimate of drug-likeness (QED) is 0.493. The van der Waals surface area contributed by atoms with E-state index >= 15 is 0 Å². The van der Waals surface area contributed by atoms with Crippen molar-refractivity contribution in [1.82, 2.24) is 0 Å². The van der Waals surface area contributed by atoms with E-state index < -0.39 is 7.26 Å². The van der Waals surface area contributed by atoms with Gasteiger partial charge in [-0.05, 0) is 43.3 Å². The largest absolute Gasteiger partial charge is 0.358 e. The molecule has 3 aromatic rings. The Bertz CT molecular complexity index is 578. The van der Waals surface area contributed by atoms with Crippen LogP contribution in [0.3, 0.4) is 0 Å². The van der Waals surface area contributed by atoms with Gasteiger partial charge in [-0.15, -0.1) is 0 Å². The molecule has 0 N–H and O–H groups in total. The van der Waals surface area contributed by atoms with E-state index in [0.29, 0.717) is 0 Å². The number of rotatable bonds is 4. The minimum Gasteiger partial charge on any atom is -0.358 e. The molecule has 0 aliphatic carbocycles. The van der Waals surface area contributed by atoms with Crippen LogP contribution in [0.1, 0.15) is 6.92 Å². The molecule has 0 atom stereocenters. The molecular formula is C21H23P. The Morgan fingerprint density at radius 1 is 0.545 bits per heavy atom. The van der Waals surface area contributed by atoms with Gasteiger partial charge in [0.05, 0.1) is 6.16 Å². The van der Waals surface area contributed by atoms with Crippen molar-refractivity contribution in [3.05, 3.63) is 98.4 Å². The lowest BCUT2D eigenvalue weighted by Crippen LogP contribution is -2.32. The molecule has 0 aliphatic heterocycles. The average Bonchev–Trinajstić information content (AvgIpc) is 2.59. The molecule has 0 unspecified atom stereocenters. The lowest BCUT2D eigenvalue weighted by atomic mass is 10.4. The van der Waals surface area contributed by atoms with Crippen molar-refractivity contribution < 1.29 is 0 Å². The average molecular weight is 306 g/mol. The van der Waals surface area contributed by atoms with Gasteiger partial charge in [-0.1, -0.05) is 54.6 Å². The van der Waals surface area contributed by atoms with E-state index in [9.17, 15) is 0 Å². The minimum atomic E-state index is -1.53. The van der Waals surface area contributed by atoms with E-state index in [0.717, 1.165) is 6.16 Å². The lowest BCUT2D eigenvalue weighted by molar-refractivity contribution is 1.48. The zero-order valence-corrected chi connectivity index (χ0v) is 14.2. The maximum absolute atomic E-state index is 2.32. The van der Waals surface area contributed by atoms with Gasteiger partial charge in [0, 0.05) is 0 Å². The van der Waals surface area contributed by atoms with Crippen molar-refractivity contribution >= 4 is 23.2 Å². The van der Waals surface area contributed by atoms with Crippen LogP contribution in [0.25, 0.3) is 0 Å². The zero-order chi connectivity index (χ0) is 14.5. The van der Waals surface area contributed by atoms with E-state index in [1.54, 1.807) is 0 Å². The molecule has 0 saturated heterocycles. The standard InChI is InChI=1S/C20H20P.CH3/c1-2-21(18-12-6-3-7-13-18,19-14-8-4-9-15-19)20-16-10-5-11-17-20;/h3-17H,2H2,1H3;1H3/q+1;-1. The monoisotopic (exact) mass is 306 g/mol. The maximum atomic E-state index is 2.32. The Kier molecular flexibility index (Phi) is 5.52. The van der Waals surface area contributed by atoms with Crippen molar-refractivity contribution in [3.8, 4) is 0 Å². The first-order chi connectivity index (χ1) is 10.4. The number of hydrogen-bond donors (Lipinski definition) is 0. The van der Waals surface area contributed by atoms with E-state index in [1.807, 2.05) is 0 Å². The fourth-order valence-corrected chi connectivity index (χ4v) is 7.08. The van der Waals surface area contributed by atoms with E-state index in [1.165, 1.54) is 15.9 Å². The van der Waals surface area contributed by atoms with Crippen LogP contribution in [0.5, 0.6) is 0 Å². The van der Waals surface area contributed by atoms with Crippen LogP contribution in [0.4, 0.5) is 0 Å². The van der Waals surface area contributed by atoms with Gasteiger partial charge in [-0.25, -0.2) is 0 Å². The predicted molar refractivity (Wildman–Crippen MR) is 102 cm³/mol. The van der Waals surface area contributed by atoms with Gasteiger partial charge in [0.15, 0.2) is 0 Å². The fourth-order valence-electron chi connectivity index (χ4n) is 3.04. The molecule has 112 valence electrons. The second-order valence-electron chi connectivity index (χ2n) is 5.13. The topological polar surface area (TPSA) is 0 Å². The van der Waals surface area contributed by atoms with Gasteiger partial charge in [0.2, 0.25) is 0 Å². The molecule has 0 aromatic heterocycles. The van der Waals surface area contributed by atoms with E-state index in [2.05, 4.69) is 97.9 Å². The smallest absolute Gasteiger partial charge is 0.111 e. The van der Waals surface area contributed by atoms with Crippen molar-refractivity contribution in [2.45, 2.75) is 6.92 Å². The molecule has 0 aliphatic rings. The molecule has 22 heavy (non-hydrogen) atoms. The molecule has 0 heterocycles. The highest BCUT2D eigenvalue weighted by molar-refractivity contribution is 7.95. The van der Waals surface area contributed by atoms with Gasteiger partial charge < -0.3 is 7.43 Å². The van der Waals surface area contributed by atoms with E-state index in [-0.39, 0.29) is 7.43 Å². The summed E-state index contributed by atoms with van der Waals surface area (Å²) in [4.78, 5) is 0. The fraction of sp³-hybridized carbons (Fsp3) is 0.0952. The molecule has 0 nitrogen and oxygen atoms in total. The highest BCUT2D eigenvalue weighted by Crippen LogP contribution is 2.54. The molecule has 1 heteroatoms. The van der Waals surface area contributed by atoms with Crippen LogP contribution in [0.2, 0.25) is 0 Å². The summed E-state index contributed by atoms with van der Waals surface area (Å²) in [5, 5.41) is 4.39. The van der Waals surface area contributed by atoms with Gasteiger partial charge >= 0.3 is 0 Å². The van der Waals surface area contributed by atoms with Gasteiger partial charge in [-0.3, -0.25) is 0 Å². The summed E-state index contributed by atoms with van der Waals surface area (Å²) in [6.07, 6.45) is 1.14. The van der Waals surface area contributed by atoms with E-state index in [4.69, 9.17) is 0 Å². The Balaban J connectivity index is 0.00000176. The summed E-state index contributed by atoms with van der Waals surface area (Å²) >= 11 is 0. The molecule has 3 rings (SSSR count). The maximum Gasteiger partial charge on any atom is 0.111 e. The van der Waals surface area contributed by atoms with Gasteiger partial charge in [0.25, 0.3) is 0 Å². The van der Waals surface area contributed by atoms with Crippen molar-refractivity contribution in [2.24, 2.45) is 0 Å². The van der Waals surface area contributed by atoms with Crippen LogP contribution in [0.15, 0.2) is 91.0 Å². The predicted octanol–water partition coefficient (Wildman–Crippen LogP) is 4.45. The Morgan fingerprint density at radius 2 is 0.818 bits per heavy atom. The Morgan fingerprint density at radius 3 is 1.05 bits per heavy atom. The van der Waals surface area contributed by atoms with Gasteiger partial charge in [0.1, 0.15) is 23.2 Å². The Labute approximate surface area is 135 Å². The summed E-state index contributed by atoms with van der Waals surface area (Å²) in [7, 11) is -1.53. The highest BCUT2D eigenvalue weighted by atomic mass is 31.2. The molecule has 0 saturated carbocycles. The summed E-state index contributed by atoms with van der Waals surface area (Å²) in [5.41, 5.74) is 0. The lowest BCUT2D eigenvalue weighted by Gasteiger charge is -2.26. The normalized spacial score (nSPS) is 10.8. The summed E-state index contributed by atoms with van der Waals surface area (Å²) in [5.74, 6) is 0. The molecule has 0 fully saturated rings. The first-order valence-electron chi connectivity index (χ1n) is 7.43. The van der Waals surface area contributed by atoms with Gasteiger partial charge in [-0.2, -0.15) is 0 Å². The zero-order valence-electron chi connectivity index (χ0n) is 13.3. The number of hydrogen-bond acceptors (Lipinski definition) is 0. The third-order valence-corrected chi connectivity index (χ3v) is 8.55. The van der Waals surface area contributed by atoms with Crippen LogP contribution < -0.4 is 15.9 Å². The second kappa shape index (κ2) is 7.38. The third kappa shape index (κ3) is 2.85. The van der Waals surface area contributed by atoms with Crippen LogP contribution in [-0.4, -0.2) is 6.16 Å². The molecule has 0 amide bonds. The third-order valence-electron chi connectivity index (χ3n) is 4.07. The van der Waals surface area contributed by atoms with Crippen LogP contribution in [-0.2, 0) is 0 Å². The van der Waals surface area contributed by atoms with Crippen molar-refractivity contribution in [2.75, 3.05) is 6.16 Å². The van der Waals surface area contributed by atoms with Crippen molar-refractivity contribution in [1.29, 1.82) is 0 Å². The molecule has 3 aromatic carbocycles. The molecule has 0 spiro atoms. The number of benzene rings is 3. The van der Waals surface area contributed by atoms with Crippen molar-refractivity contribution in [3.63, 3.8) is 0 Å². The first kappa shape index (κ1) is 16.5. The first-order valence-corrected chi connectivity index (χ1v) is 9.40. The molecular weight excluding hydrogens is 283 g/mol. The molecule has 0 radical (unpaired) electrons. The summed E-state index contributed by atoms with van der Waals surface area (Å²) < 4.78 is 0. The SMILES string of the molecule is CC[P+](c1ccccc1)(c1ccccc1)c1ccccc1.[CH3-].